The highest BCUT2D eigenvalue weighted by Gasteiger charge is 2.37. The first-order valence-electron chi connectivity index (χ1n) is 6.09. The molecule has 0 heterocycles. The highest BCUT2D eigenvalue weighted by Crippen LogP contribution is 2.41. The predicted molar refractivity (Wildman–Crippen MR) is 71.1 cm³/mol. The van der Waals surface area contributed by atoms with Crippen molar-refractivity contribution in [3.63, 3.8) is 0 Å². The molecule has 1 fully saturated rings. The van der Waals surface area contributed by atoms with Crippen LogP contribution < -0.4 is 0 Å². The van der Waals surface area contributed by atoms with E-state index < -0.39 is 6.17 Å². The molecule has 1 unspecified atom stereocenters. The first kappa shape index (κ1) is 13.5. The number of rotatable bonds is 2. The van der Waals surface area contributed by atoms with Gasteiger partial charge in [0.2, 0.25) is 0 Å². The van der Waals surface area contributed by atoms with Crippen molar-refractivity contribution >= 4 is 21.9 Å². The molecule has 98 valence electrons. The third kappa shape index (κ3) is 2.74. The van der Waals surface area contributed by atoms with Crippen LogP contribution in [0.2, 0.25) is 0 Å². The summed E-state index contributed by atoms with van der Waals surface area (Å²) in [6.07, 6.45) is 0.565. The Kier molecular flexibility index (Phi) is 4.38. The van der Waals surface area contributed by atoms with Crippen LogP contribution in [0.5, 0.6) is 0 Å². The molecule has 1 aliphatic rings. The Morgan fingerprint density at radius 1 is 1.39 bits per heavy atom. The summed E-state index contributed by atoms with van der Waals surface area (Å²) in [4.78, 5) is 11.8. The van der Waals surface area contributed by atoms with Crippen molar-refractivity contribution in [2.45, 2.75) is 31.4 Å². The number of carbonyl (C=O) groups excluding carboxylic acids is 1. The topological polar surface area (TPSA) is 26.3 Å². The summed E-state index contributed by atoms with van der Waals surface area (Å²) >= 11 is 3.50. The van der Waals surface area contributed by atoms with Crippen molar-refractivity contribution < 1.29 is 13.9 Å². The third-order valence-corrected chi connectivity index (χ3v) is 4.32. The SMILES string of the molecule is COC(=O)[C@@H]1C[C@H](F)CCC1c1ccccc1Br. The number of hydrogen-bond acceptors (Lipinski definition) is 2. The van der Waals surface area contributed by atoms with E-state index in [-0.39, 0.29) is 24.2 Å². The Balaban J connectivity index is 2.29. The first-order chi connectivity index (χ1) is 8.63. The maximum absolute atomic E-state index is 13.5. The maximum Gasteiger partial charge on any atom is 0.309 e. The van der Waals surface area contributed by atoms with Crippen LogP contribution in [0.3, 0.4) is 0 Å². The molecular weight excluding hydrogens is 299 g/mol. The van der Waals surface area contributed by atoms with Crippen LogP contribution in [0.4, 0.5) is 4.39 Å². The van der Waals surface area contributed by atoms with Crippen LogP contribution in [0.1, 0.15) is 30.7 Å². The van der Waals surface area contributed by atoms with Gasteiger partial charge >= 0.3 is 5.97 Å². The fourth-order valence-electron chi connectivity index (χ4n) is 2.68. The van der Waals surface area contributed by atoms with Crippen molar-refractivity contribution in [3.8, 4) is 0 Å². The van der Waals surface area contributed by atoms with E-state index in [1.54, 1.807) is 0 Å². The number of ether oxygens (including phenoxy) is 1. The summed E-state index contributed by atoms with van der Waals surface area (Å²) in [5.74, 6) is -0.643. The normalized spacial score (nSPS) is 27.8. The van der Waals surface area contributed by atoms with Gasteiger partial charge in [0.1, 0.15) is 6.17 Å². The number of alkyl halides is 1. The number of benzene rings is 1. The maximum atomic E-state index is 13.5. The molecule has 0 aromatic heterocycles. The van der Waals surface area contributed by atoms with Crippen LogP contribution >= 0.6 is 15.9 Å². The summed E-state index contributed by atoms with van der Waals surface area (Å²) in [6.45, 7) is 0. The first-order valence-corrected chi connectivity index (χ1v) is 6.89. The van der Waals surface area contributed by atoms with Gasteiger partial charge in [0, 0.05) is 4.47 Å². The second-order valence-electron chi connectivity index (χ2n) is 4.67. The molecule has 1 saturated carbocycles. The zero-order valence-corrected chi connectivity index (χ0v) is 11.8. The summed E-state index contributed by atoms with van der Waals surface area (Å²) in [7, 11) is 1.36. The van der Waals surface area contributed by atoms with Crippen molar-refractivity contribution in [1.29, 1.82) is 0 Å². The molecule has 1 aromatic carbocycles. The average Bonchev–Trinajstić information content (AvgIpc) is 2.39. The van der Waals surface area contributed by atoms with Crippen molar-refractivity contribution in [1.82, 2.24) is 0 Å². The van der Waals surface area contributed by atoms with E-state index in [0.717, 1.165) is 10.0 Å². The molecule has 0 saturated heterocycles. The zero-order chi connectivity index (χ0) is 13.1. The molecule has 0 radical (unpaired) electrons. The van der Waals surface area contributed by atoms with Gasteiger partial charge in [-0.25, -0.2) is 4.39 Å². The molecule has 0 N–H and O–H groups in total. The van der Waals surface area contributed by atoms with E-state index in [1.165, 1.54) is 7.11 Å². The van der Waals surface area contributed by atoms with Gasteiger partial charge in [-0.05, 0) is 36.8 Å². The summed E-state index contributed by atoms with van der Waals surface area (Å²) in [5, 5.41) is 0. The minimum absolute atomic E-state index is 0.0417. The van der Waals surface area contributed by atoms with Gasteiger partial charge in [-0.2, -0.15) is 0 Å². The van der Waals surface area contributed by atoms with Gasteiger partial charge < -0.3 is 4.74 Å². The van der Waals surface area contributed by atoms with Crippen molar-refractivity contribution in [3.05, 3.63) is 34.3 Å². The van der Waals surface area contributed by atoms with E-state index in [1.807, 2.05) is 24.3 Å². The lowest BCUT2D eigenvalue weighted by atomic mass is 9.75. The van der Waals surface area contributed by atoms with Gasteiger partial charge in [-0.3, -0.25) is 4.79 Å². The molecule has 18 heavy (non-hydrogen) atoms. The van der Waals surface area contributed by atoms with Gasteiger partial charge in [-0.1, -0.05) is 34.1 Å². The number of carbonyl (C=O) groups is 1. The molecule has 0 aliphatic heterocycles. The van der Waals surface area contributed by atoms with E-state index in [9.17, 15) is 9.18 Å². The van der Waals surface area contributed by atoms with Gasteiger partial charge in [0.05, 0.1) is 13.0 Å². The second kappa shape index (κ2) is 5.83. The molecule has 1 aromatic rings. The van der Waals surface area contributed by atoms with Crippen molar-refractivity contribution in [2.24, 2.45) is 5.92 Å². The molecule has 2 nitrogen and oxygen atoms in total. The lowest BCUT2D eigenvalue weighted by Gasteiger charge is -2.32. The highest BCUT2D eigenvalue weighted by atomic mass is 79.9. The smallest absolute Gasteiger partial charge is 0.309 e. The second-order valence-corrected chi connectivity index (χ2v) is 5.52. The van der Waals surface area contributed by atoms with Gasteiger partial charge in [0.15, 0.2) is 0 Å². The fourth-order valence-corrected chi connectivity index (χ4v) is 3.26. The molecular formula is C14H16BrFO2. The molecule has 0 bridgehead atoms. The minimum Gasteiger partial charge on any atom is -0.469 e. The van der Waals surface area contributed by atoms with Crippen LogP contribution in [0.25, 0.3) is 0 Å². The van der Waals surface area contributed by atoms with Crippen LogP contribution in [0, 0.1) is 5.92 Å². The van der Waals surface area contributed by atoms with E-state index >= 15 is 0 Å². The molecule has 4 heteroatoms. The molecule has 0 spiro atoms. The Labute approximate surface area is 115 Å². The molecule has 3 atom stereocenters. The van der Waals surface area contributed by atoms with E-state index in [0.29, 0.717) is 12.8 Å². The number of halogens is 2. The lowest BCUT2D eigenvalue weighted by Crippen LogP contribution is -2.31. The third-order valence-electron chi connectivity index (χ3n) is 3.59. The Bertz CT molecular complexity index is 436. The standard InChI is InChI=1S/C14H16BrFO2/c1-18-14(17)12-8-9(16)6-7-10(12)11-4-2-3-5-13(11)15/h2-5,9-10,12H,6-8H2,1H3/t9-,10?,12-/m1/s1. The van der Waals surface area contributed by atoms with E-state index in [4.69, 9.17) is 4.74 Å². The molecule has 1 aliphatic carbocycles. The fraction of sp³-hybridized carbons (Fsp3) is 0.500. The number of hydrogen-bond donors (Lipinski definition) is 0. The highest BCUT2D eigenvalue weighted by molar-refractivity contribution is 9.10. The van der Waals surface area contributed by atoms with Crippen molar-refractivity contribution in [2.75, 3.05) is 7.11 Å². The Hall–Kier alpha value is -0.900. The summed E-state index contributed by atoms with van der Waals surface area (Å²) < 4.78 is 19.3. The quantitative estimate of drug-likeness (QED) is 0.775. The predicted octanol–water partition coefficient (Wildman–Crippen LogP) is 3.84. The van der Waals surface area contributed by atoms with Crippen LogP contribution in [-0.4, -0.2) is 19.3 Å². The van der Waals surface area contributed by atoms with Crippen LogP contribution in [0.15, 0.2) is 28.7 Å². The van der Waals surface area contributed by atoms with Crippen LogP contribution in [-0.2, 0) is 9.53 Å². The largest absolute Gasteiger partial charge is 0.469 e. The van der Waals surface area contributed by atoms with E-state index in [2.05, 4.69) is 15.9 Å². The average molecular weight is 315 g/mol. The molecule has 0 amide bonds. The summed E-state index contributed by atoms with van der Waals surface area (Å²) in [6, 6.07) is 7.81. The summed E-state index contributed by atoms with van der Waals surface area (Å²) in [5.41, 5.74) is 1.07. The Morgan fingerprint density at radius 3 is 2.78 bits per heavy atom. The van der Waals surface area contributed by atoms with Gasteiger partial charge in [-0.15, -0.1) is 0 Å². The monoisotopic (exact) mass is 314 g/mol. The molecule has 2 rings (SSSR count). The zero-order valence-electron chi connectivity index (χ0n) is 10.2. The number of esters is 1. The Morgan fingerprint density at radius 2 is 2.11 bits per heavy atom. The van der Waals surface area contributed by atoms with Gasteiger partial charge in [0.25, 0.3) is 0 Å². The number of methoxy groups -OCH3 is 1. The minimum atomic E-state index is -0.896. The lowest BCUT2D eigenvalue weighted by molar-refractivity contribution is -0.148.